The van der Waals surface area contributed by atoms with Crippen LogP contribution in [0.1, 0.15) is 57.8 Å². The molecule has 0 bridgehead atoms. The minimum absolute atomic E-state index is 0.0663. The molecule has 0 saturated carbocycles. The number of urea groups is 1. The van der Waals surface area contributed by atoms with Gasteiger partial charge in [0.1, 0.15) is 5.75 Å². The lowest BCUT2D eigenvalue weighted by molar-refractivity contribution is 0.0842. The first-order valence-electron chi connectivity index (χ1n) is 9.04. The highest BCUT2D eigenvalue weighted by molar-refractivity contribution is 5.98. The van der Waals surface area contributed by atoms with E-state index >= 15 is 0 Å². The number of carbonyl (C=O) groups is 2. The van der Waals surface area contributed by atoms with E-state index in [0.29, 0.717) is 24.4 Å². The fraction of sp³-hybridized carbons (Fsp3) is 0.600. The molecule has 0 aliphatic carbocycles. The molecule has 138 valence electrons. The molecule has 2 amide bonds. The van der Waals surface area contributed by atoms with Gasteiger partial charge in [-0.15, -0.1) is 0 Å². The minimum Gasteiger partial charge on any atom is -0.491 e. The van der Waals surface area contributed by atoms with Gasteiger partial charge in [0.15, 0.2) is 5.78 Å². The summed E-state index contributed by atoms with van der Waals surface area (Å²) in [4.78, 5) is 27.0. The van der Waals surface area contributed by atoms with Crippen molar-refractivity contribution >= 4 is 11.8 Å². The molecule has 1 aromatic carbocycles. The number of nitrogens with zero attached hydrogens (tertiary/aromatic N) is 1. The van der Waals surface area contributed by atoms with Crippen molar-refractivity contribution in [1.29, 1.82) is 0 Å². The van der Waals surface area contributed by atoms with Crippen molar-refractivity contribution in [1.82, 2.24) is 10.2 Å². The summed E-state index contributed by atoms with van der Waals surface area (Å²) in [6.45, 7) is 11.0. The maximum Gasteiger partial charge on any atom is 0.317 e. The third-order valence-corrected chi connectivity index (χ3v) is 4.05. The Morgan fingerprint density at radius 2 is 2.00 bits per heavy atom. The number of hydrogen-bond acceptors (Lipinski definition) is 3. The van der Waals surface area contributed by atoms with Crippen molar-refractivity contribution in [2.45, 2.75) is 59.1 Å². The summed E-state index contributed by atoms with van der Waals surface area (Å²) in [5.41, 5.74) is 0.373. The Morgan fingerprint density at radius 1 is 1.28 bits per heavy atom. The van der Waals surface area contributed by atoms with Gasteiger partial charge in [-0.3, -0.25) is 4.79 Å². The largest absolute Gasteiger partial charge is 0.491 e. The quantitative estimate of drug-likeness (QED) is 0.842. The van der Waals surface area contributed by atoms with Crippen LogP contribution >= 0.6 is 0 Å². The molecule has 0 spiro atoms. The van der Waals surface area contributed by atoms with Crippen LogP contribution < -0.4 is 10.1 Å². The van der Waals surface area contributed by atoms with Gasteiger partial charge in [-0.05, 0) is 59.6 Å². The molecule has 0 aromatic heterocycles. The molecule has 25 heavy (non-hydrogen) atoms. The number of ether oxygens (including phenoxy) is 1. The van der Waals surface area contributed by atoms with Crippen LogP contribution in [-0.2, 0) is 0 Å². The lowest BCUT2D eigenvalue weighted by Gasteiger charge is -2.34. The van der Waals surface area contributed by atoms with Crippen LogP contribution in [0.2, 0.25) is 0 Å². The zero-order valence-electron chi connectivity index (χ0n) is 16.0. The Morgan fingerprint density at radius 3 is 2.64 bits per heavy atom. The molecule has 1 aromatic rings. The van der Waals surface area contributed by atoms with E-state index in [-0.39, 0.29) is 29.4 Å². The Hall–Kier alpha value is -2.04. The molecular weight excluding hydrogens is 316 g/mol. The number of rotatable bonds is 4. The van der Waals surface area contributed by atoms with E-state index in [2.05, 4.69) is 5.32 Å². The summed E-state index contributed by atoms with van der Waals surface area (Å²) < 4.78 is 5.68. The Balaban J connectivity index is 2.05. The zero-order chi connectivity index (χ0) is 18.6. The number of Topliss-reactive ketones (excluding diaryl/α,β-unsaturated/α-hetero) is 1. The fourth-order valence-electron chi connectivity index (χ4n) is 3.01. The first kappa shape index (κ1) is 19.3. The molecule has 1 heterocycles. The molecule has 1 atom stereocenters. The van der Waals surface area contributed by atoms with Crippen molar-refractivity contribution in [3.8, 4) is 5.75 Å². The minimum atomic E-state index is -0.281. The van der Waals surface area contributed by atoms with Crippen LogP contribution in [0.4, 0.5) is 4.79 Å². The predicted octanol–water partition coefficient (Wildman–Crippen LogP) is 3.88. The molecular formula is C20H30N2O3. The molecule has 1 aliphatic rings. The second kappa shape index (κ2) is 7.89. The molecule has 5 nitrogen and oxygen atoms in total. The average Bonchev–Trinajstić information content (AvgIpc) is 2.52. The number of piperidine rings is 1. The highest BCUT2D eigenvalue weighted by atomic mass is 16.5. The highest BCUT2D eigenvalue weighted by Gasteiger charge is 2.30. The monoisotopic (exact) mass is 346 g/mol. The van der Waals surface area contributed by atoms with Crippen molar-refractivity contribution in [3.63, 3.8) is 0 Å². The fourth-order valence-corrected chi connectivity index (χ4v) is 3.01. The van der Waals surface area contributed by atoms with E-state index < -0.39 is 0 Å². The van der Waals surface area contributed by atoms with E-state index in [1.165, 1.54) is 0 Å². The summed E-state index contributed by atoms with van der Waals surface area (Å²) >= 11 is 0. The molecule has 1 N–H and O–H groups in total. The van der Waals surface area contributed by atoms with Crippen molar-refractivity contribution in [2.75, 3.05) is 13.1 Å². The lowest BCUT2D eigenvalue weighted by Crippen LogP contribution is -2.52. The number of likely N-dealkylation sites (tertiary alicyclic amines) is 1. The van der Waals surface area contributed by atoms with Crippen LogP contribution in [0.15, 0.2) is 24.3 Å². The van der Waals surface area contributed by atoms with Crippen LogP contribution in [0, 0.1) is 5.92 Å². The molecule has 1 fully saturated rings. The van der Waals surface area contributed by atoms with Crippen molar-refractivity contribution < 1.29 is 14.3 Å². The first-order chi connectivity index (χ1) is 11.7. The molecule has 1 unspecified atom stereocenters. The average molecular weight is 346 g/mol. The predicted molar refractivity (Wildman–Crippen MR) is 99.1 cm³/mol. The van der Waals surface area contributed by atoms with Gasteiger partial charge in [0.05, 0.1) is 6.10 Å². The smallest absolute Gasteiger partial charge is 0.317 e. The maximum atomic E-state index is 12.9. The van der Waals surface area contributed by atoms with Gasteiger partial charge in [0.25, 0.3) is 0 Å². The Bertz CT molecular complexity index is 620. The molecule has 5 heteroatoms. The topological polar surface area (TPSA) is 58.6 Å². The van der Waals surface area contributed by atoms with Crippen LogP contribution in [-0.4, -0.2) is 41.4 Å². The Kier molecular flexibility index (Phi) is 6.09. The van der Waals surface area contributed by atoms with Crippen LogP contribution in [0.5, 0.6) is 5.75 Å². The van der Waals surface area contributed by atoms with Crippen molar-refractivity contribution in [2.24, 2.45) is 5.92 Å². The lowest BCUT2D eigenvalue weighted by atomic mass is 9.90. The molecule has 1 aliphatic heterocycles. The number of carbonyl (C=O) groups excluding carboxylic acids is 2. The van der Waals surface area contributed by atoms with Gasteiger partial charge in [-0.1, -0.05) is 12.1 Å². The molecule has 1 saturated heterocycles. The molecule has 0 radical (unpaired) electrons. The van der Waals surface area contributed by atoms with Gasteiger partial charge in [0.2, 0.25) is 0 Å². The van der Waals surface area contributed by atoms with Crippen molar-refractivity contribution in [3.05, 3.63) is 29.8 Å². The number of benzene rings is 1. The standard InChI is InChI=1S/C20H30N2O3/c1-14(2)25-17-10-6-8-15(12-17)18(23)16-9-7-11-22(13-16)19(24)21-20(3,4)5/h6,8,10,12,14,16H,7,9,11,13H2,1-5H3,(H,21,24). The van der Waals surface area contributed by atoms with E-state index in [1.807, 2.05) is 52.8 Å². The summed E-state index contributed by atoms with van der Waals surface area (Å²) in [5.74, 6) is 0.634. The molecule has 2 rings (SSSR count). The second-order valence-electron chi connectivity index (χ2n) is 8.02. The van der Waals surface area contributed by atoms with Gasteiger partial charge < -0.3 is 15.0 Å². The number of ketones is 1. The summed E-state index contributed by atoms with van der Waals surface area (Å²) in [7, 11) is 0. The number of nitrogens with one attached hydrogen (secondary N) is 1. The first-order valence-corrected chi connectivity index (χ1v) is 9.04. The summed E-state index contributed by atoms with van der Waals surface area (Å²) in [5, 5.41) is 2.97. The highest BCUT2D eigenvalue weighted by Crippen LogP contribution is 2.24. The van der Waals surface area contributed by atoms with Gasteiger partial charge >= 0.3 is 6.03 Å². The summed E-state index contributed by atoms with van der Waals surface area (Å²) in [6, 6.07) is 7.24. The number of amides is 2. The third-order valence-electron chi connectivity index (χ3n) is 4.05. The second-order valence-corrected chi connectivity index (χ2v) is 8.02. The number of hydrogen-bond donors (Lipinski definition) is 1. The van der Waals surface area contributed by atoms with Gasteiger partial charge in [-0.25, -0.2) is 4.79 Å². The SMILES string of the molecule is CC(C)Oc1cccc(C(=O)C2CCCN(C(=O)NC(C)(C)C)C2)c1. The van der Waals surface area contributed by atoms with Crippen LogP contribution in [0.3, 0.4) is 0 Å². The van der Waals surface area contributed by atoms with Crippen LogP contribution in [0.25, 0.3) is 0 Å². The zero-order valence-corrected chi connectivity index (χ0v) is 16.0. The summed E-state index contributed by atoms with van der Waals surface area (Å²) in [6.07, 6.45) is 1.72. The Labute approximate surface area is 150 Å². The van der Waals surface area contributed by atoms with E-state index in [0.717, 1.165) is 12.8 Å². The van der Waals surface area contributed by atoms with E-state index in [1.54, 1.807) is 11.0 Å². The van der Waals surface area contributed by atoms with Gasteiger partial charge in [-0.2, -0.15) is 0 Å². The van der Waals surface area contributed by atoms with E-state index in [9.17, 15) is 9.59 Å². The maximum absolute atomic E-state index is 12.9. The normalized spacial score (nSPS) is 18.2. The van der Waals surface area contributed by atoms with E-state index in [4.69, 9.17) is 4.74 Å². The third kappa shape index (κ3) is 5.76. The van der Waals surface area contributed by atoms with Gasteiger partial charge in [0, 0.05) is 30.1 Å².